The first-order valence-electron chi connectivity index (χ1n) is 10.7. The van der Waals surface area contributed by atoms with Crippen molar-refractivity contribution in [2.24, 2.45) is 0 Å². The predicted octanol–water partition coefficient (Wildman–Crippen LogP) is 4.38. The molecule has 10 heteroatoms. The van der Waals surface area contributed by atoms with Crippen LogP contribution in [-0.4, -0.2) is 60.6 Å². The van der Waals surface area contributed by atoms with E-state index in [2.05, 4.69) is 0 Å². The van der Waals surface area contributed by atoms with Gasteiger partial charge in [0.2, 0.25) is 0 Å². The average Bonchev–Trinajstić information content (AvgIpc) is 3.11. The van der Waals surface area contributed by atoms with Crippen LogP contribution in [0.2, 0.25) is 5.02 Å². The maximum atomic E-state index is 13.0. The minimum Gasteiger partial charge on any atom is -0.490 e. The lowest BCUT2D eigenvalue weighted by molar-refractivity contribution is -0.137. The van der Waals surface area contributed by atoms with Gasteiger partial charge in [0, 0.05) is 18.1 Å². The highest BCUT2D eigenvalue weighted by Gasteiger charge is 2.33. The van der Waals surface area contributed by atoms with Gasteiger partial charge in [-0.15, -0.1) is 0 Å². The highest BCUT2D eigenvalue weighted by atomic mass is 35.5. The van der Waals surface area contributed by atoms with Gasteiger partial charge in [-0.2, -0.15) is 0 Å². The Balaban J connectivity index is 1.49. The number of hydrogen-bond donors (Lipinski definition) is 0. The smallest absolute Gasteiger partial charge is 0.270 e. The monoisotopic (exact) mass is 518 g/mol. The summed E-state index contributed by atoms with van der Waals surface area (Å²) in [4.78, 5) is 29.1. The zero-order chi connectivity index (χ0) is 24.1. The topological polar surface area (TPSA) is 68.3 Å². The summed E-state index contributed by atoms with van der Waals surface area (Å²) in [5, 5.41) is 0.527. The molecule has 0 bridgehead atoms. The van der Waals surface area contributed by atoms with Crippen LogP contribution in [0.1, 0.15) is 12.5 Å². The van der Waals surface area contributed by atoms with Gasteiger partial charge in [-0.1, -0.05) is 47.7 Å². The zero-order valence-corrected chi connectivity index (χ0v) is 20.9. The molecule has 0 atom stereocenters. The first-order valence-corrected chi connectivity index (χ1v) is 12.3. The number of halogens is 1. The molecule has 2 fully saturated rings. The molecule has 0 N–H and O–H groups in total. The van der Waals surface area contributed by atoms with E-state index in [1.165, 1.54) is 16.7 Å². The number of morpholine rings is 1. The van der Waals surface area contributed by atoms with Gasteiger partial charge in [-0.25, -0.2) is 0 Å². The lowest BCUT2D eigenvalue weighted by Crippen LogP contribution is -2.43. The van der Waals surface area contributed by atoms with E-state index < -0.39 is 0 Å². The number of nitrogens with zero attached hydrogens (tertiary/aromatic N) is 2. The Hall–Kier alpha value is -2.59. The van der Waals surface area contributed by atoms with Crippen LogP contribution < -0.4 is 14.4 Å². The summed E-state index contributed by atoms with van der Waals surface area (Å²) in [5.41, 5.74) is 1.38. The first kappa shape index (κ1) is 24.5. The zero-order valence-electron chi connectivity index (χ0n) is 18.5. The van der Waals surface area contributed by atoms with Crippen LogP contribution in [0.4, 0.5) is 5.69 Å². The van der Waals surface area contributed by atoms with Crippen molar-refractivity contribution in [1.29, 1.82) is 0 Å². The molecular weight excluding hydrogens is 496 g/mol. The third-order valence-electron chi connectivity index (χ3n) is 5.14. The summed E-state index contributed by atoms with van der Waals surface area (Å²) in [6, 6.07) is 12.3. The Morgan fingerprint density at radius 2 is 1.97 bits per heavy atom. The van der Waals surface area contributed by atoms with Crippen molar-refractivity contribution < 1.29 is 23.8 Å². The lowest BCUT2D eigenvalue weighted by atomic mass is 10.1. The van der Waals surface area contributed by atoms with E-state index in [4.69, 9.17) is 38.0 Å². The quantitative estimate of drug-likeness (QED) is 0.398. The number of ether oxygens (including phenoxy) is 3. The van der Waals surface area contributed by atoms with E-state index in [-0.39, 0.29) is 18.4 Å². The second-order valence-corrected chi connectivity index (χ2v) is 9.53. The van der Waals surface area contributed by atoms with Gasteiger partial charge in [0.25, 0.3) is 11.8 Å². The molecule has 0 radical (unpaired) electrons. The minimum absolute atomic E-state index is 0.0856. The van der Waals surface area contributed by atoms with Crippen molar-refractivity contribution in [2.45, 2.75) is 6.92 Å². The Morgan fingerprint density at radius 3 is 2.71 bits per heavy atom. The fourth-order valence-corrected chi connectivity index (χ4v) is 4.99. The normalized spacial score (nSPS) is 17.4. The average molecular weight is 519 g/mol. The van der Waals surface area contributed by atoms with Crippen LogP contribution in [0.25, 0.3) is 6.08 Å². The van der Waals surface area contributed by atoms with Crippen molar-refractivity contribution in [3.05, 3.63) is 58.0 Å². The molecule has 2 aliphatic heterocycles. The van der Waals surface area contributed by atoms with E-state index in [1.807, 2.05) is 13.0 Å². The Morgan fingerprint density at radius 1 is 1.18 bits per heavy atom. The molecule has 4 rings (SSSR count). The van der Waals surface area contributed by atoms with Crippen molar-refractivity contribution in [3.8, 4) is 11.5 Å². The molecule has 2 amide bonds. The van der Waals surface area contributed by atoms with Crippen LogP contribution in [0, 0.1) is 0 Å². The van der Waals surface area contributed by atoms with Crippen LogP contribution in [0.3, 0.4) is 0 Å². The SMILES string of the molecule is CCOc1cc(/C=C2/SC(=S)N(c3cccc(Cl)c3)C2=O)ccc1OCC(=O)N1CCOCC1. The molecule has 2 aliphatic rings. The number of rotatable bonds is 7. The maximum absolute atomic E-state index is 13.0. The maximum Gasteiger partial charge on any atom is 0.270 e. The summed E-state index contributed by atoms with van der Waals surface area (Å²) in [5.74, 6) is 0.648. The van der Waals surface area contributed by atoms with Gasteiger partial charge in [0.15, 0.2) is 22.4 Å². The van der Waals surface area contributed by atoms with Gasteiger partial charge >= 0.3 is 0 Å². The molecule has 34 heavy (non-hydrogen) atoms. The third-order valence-corrected chi connectivity index (χ3v) is 6.68. The second-order valence-electron chi connectivity index (χ2n) is 7.42. The van der Waals surface area contributed by atoms with E-state index in [0.29, 0.717) is 64.3 Å². The summed E-state index contributed by atoms with van der Waals surface area (Å²) >= 11 is 12.7. The fraction of sp³-hybridized carbons (Fsp3) is 0.292. The van der Waals surface area contributed by atoms with E-state index >= 15 is 0 Å². The summed E-state index contributed by atoms with van der Waals surface area (Å²) in [6.45, 7) is 4.40. The molecule has 2 aromatic rings. The highest BCUT2D eigenvalue weighted by molar-refractivity contribution is 8.27. The number of amides is 2. The number of hydrogen-bond acceptors (Lipinski definition) is 7. The summed E-state index contributed by atoms with van der Waals surface area (Å²) in [6.07, 6.45) is 1.76. The third kappa shape index (κ3) is 5.72. The Labute approximate surface area is 212 Å². The molecule has 7 nitrogen and oxygen atoms in total. The van der Waals surface area contributed by atoms with Gasteiger partial charge in [0.05, 0.1) is 30.4 Å². The van der Waals surface area contributed by atoms with E-state index in [9.17, 15) is 9.59 Å². The van der Waals surface area contributed by atoms with Crippen LogP contribution in [0.5, 0.6) is 11.5 Å². The largest absolute Gasteiger partial charge is 0.490 e. The second kappa shape index (κ2) is 11.2. The number of thiocarbonyl (C=S) groups is 1. The number of carbonyl (C=O) groups excluding carboxylic acids is 2. The molecule has 2 aromatic carbocycles. The first-order chi connectivity index (χ1) is 16.5. The molecule has 2 saturated heterocycles. The Bertz CT molecular complexity index is 1130. The molecule has 0 spiro atoms. The number of anilines is 1. The molecule has 0 saturated carbocycles. The summed E-state index contributed by atoms with van der Waals surface area (Å²) in [7, 11) is 0. The fourth-order valence-electron chi connectivity index (χ4n) is 3.50. The van der Waals surface area contributed by atoms with Gasteiger partial charge < -0.3 is 19.1 Å². The van der Waals surface area contributed by atoms with E-state index in [1.54, 1.807) is 47.4 Å². The van der Waals surface area contributed by atoms with Gasteiger partial charge in [-0.3, -0.25) is 14.5 Å². The molecule has 2 heterocycles. The van der Waals surface area contributed by atoms with Gasteiger partial charge in [0.1, 0.15) is 0 Å². The highest BCUT2D eigenvalue weighted by Crippen LogP contribution is 2.37. The lowest BCUT2D eigenvalue weighted by Gasteiger charge is -2.26. The van der Waals surface area contributed by atoms with Gasteiger partial charge in [-0.05, 0) is 48.9 Å². The predicted molar refractivity (Wildman–Crippen MR) is 138 cm³/mol. The van der Waals surface area contributed by atoms with Crippen LogP contribution >= 0.6 is 35.6 Å². The standard InChI is InChI=1S/C24H23ClN2O5S2/c1-2-31-20-12-16(6-7-19(20)32-15-22(28)26-8-10-30-11-9-26)13-21-23(29)27(24(33)34-21)18-5-3-4-17(25)14-18/h3-7,12-14H,2,8-11,15H2,1H3/b21-13+. The van der Waals surface area contributed by atoms with Crippen molar-refractivity contribution in [1.82, 2.24) is 4.90 Å². The van der Waals surface area contributed by atoms with Crippen molar-refractivity contribution in [3.63, 3.8) is 0 Å². The molecular formula is C24H23ClN2O5S2. The van der Waals surface area contributed by atoms with Crippen LogP contribution in [-0.2, 0) is 14.3 Å². The van der Waals surface area contributed by atoms with E-state index in [0.717, 1.165) is 5.56 Å². The number of carbonyl (C=O) groups is 2. The molecule has 0 unspecified atom stereocenters. The number of benzene rings is 2. The van der Waals surface area contributed by atoms with Crippen molar-refractivity contribution in [2.75, 3.05) is 44.4 Å². The number of thioether (sulfide) groups is 1. The molecule has 0 aliphatic carbocycles. The van der Waals surface area contributed by atoms with Crippen molar-refractivity contribution >= 4 is 63.5 Å². The molecule has 178 valence electrons. The summed E-state index contributed by atoms with van der Waals surface area (Å²) < 4.78 is 17.2. The molecule has 0 aromatic heterocycles. The Kier molecular flexibility index (Phi) is 8.10. The van der Waals surface area contributed by atoms with Crippen LogP contribution in [0.15, 0.2) is 47.4 Å². The minimum atomic E-state index is -0.216.